The lowest BCUT2D eigenvalue weighted by molar-refractivity contribution is 0.0745. The maximum absolute atomic E-state index is 13.1. The Morgan fingerprint density at radius 2 is 2.09 bits per heavy atom. The molecule has 1 saturated heterocycles. The van der Waals surface area contributed by atoms with Gasteiger partial charge in [0.2, 0.25) is 0 Å². The Balaban J connectivity index is 1.99. The zero-order chi connectivity index (χ0) is 15.9. The Labute approximate surface area is 133 Å². The lowest BCUT2D eigenvalue weighted by Crippen LogP contribution is -2.34. The van der Waals surface area contributed by atoms with E-state index in [4.69, 9.17) is 0 Å². The van der Waals surface area contributed by atoms with Gasteiger partial charge < -0.3 is 4.90 Å². The summed E-state index contributed by atoms with van der Waals surface area (Å²) in [4.78, 5) is 19.9. The van der Waals surface area contributed by atoms with E-state index in [1.54, 1.807) is 12.1 Å². The van der Waals surface area contributed by atoms with Crippen LogP contribution in [0.4, 0.5) is 4.39 Å². The number of thiazole rings is 1. The van der Waals surface area contributed by atoms with E-state index < -0.39 is 0 Å². The molecular formula is C17H17FN2OS. The molecule has 3 nitrogen and oxygen atoms in total. The van der Waals surface area contributed by atoms with Gasteiger partial charge in [0.1, 0.15) is 11.5 Å². The first-order valence-electron chi connectivity index (χ1n) is 7.16. The SMILES string of the molecule is C=C1CC(C)N(C(=O)c2nc(C)sc2-c2ccc(F)cc2)C1. The maximum Gasteiger partial charge on any atom is 0.274 e. The van der Waals surface area contributed by atoms with Crippen molar-refractivity contribution in [2.24, 2.45) is 0 Å². The van der Waals surface area contributed by atoms with Crippen LogP contribution in [0.15, 0.2) is 36.4 Å². The third-order valence-electron chi connectivity index (χ3n) is 3.81. The lowest BCUT2D eigenvalue weighted by Gasteiger charge is -2.20. The van der Waals surface area contributed by atoms with Crippen LogP contribution in [0.5, 0.6) is 0 Å². The third-order valence-corrected chi connectivity index (χ3v) is 4.83. The molecule has 1 aromatic carbocycles. The molecular weight excluding hydrogens is 299 g/mol. The summed E-state index contributed by atoms with van der Waals surface area (Å²) in [6.07, 6.45) is 0.834. The van der Waals surface area contributed by atoms with Crippen molar-refractivity contribution in [3.63, 3.8) is 0 Å². The molecule has 1 unspecified atom stereocenters. The quantitative estimate of drug-likeness (QED) is 0.783. The molecule has 2 aromatic rings. The van der Waals surface area contributed by atoms with Gasteiger partial charge in [-0.2, -0.15) is 0 Å². The van der Waals surface area contributed by atoms with E-state index in [2.05, 4.69) is 11.6 Å². The third kappa shape index (κ3) is 2.68. The summed E-state index contributed by atoms with van der Waals surface area (Å²) < 4.78 is 13.1. The highest BCUT2D eigenvalue weighted by Gasteiger charge is 2.31. The second-order valence-corrected chi connectivity index (χ2v) is 6.86. The molecule has 22 heavy (non-hydrogen) atoms. The summed E-state index contributed by atoms with van der Waals surface area (Å²) in [6, 6.07) is 6.32. The maximum atomic E-state index is 13.1. The fraction of sp³-hybridized carbons (Fsp3) is 0.294. The highest BCUT2D eigenvalue weighted by Crippen LogP contribution is 2.33. The second kappa shape index (κ2) is 5.65. The molecule has 1 amide bonds. The fourth-order valence-electron chi connectivity index (χ4n) is 2.77. The van der Waals surface area contributed by atoms with E-state index in [9.17, 15) is 9.18 Å². The van der Waals surface area contributed by atoms with Gasteiger partial charge in [-0.3, -0.25) is 4.79 Å². The highest BCUT2D eigenvalue weighted by atomic mass is 32.1. The Bertz CT molecular complexity index is 736. The van der Waals surface area contributed by atoms with Gasteiger partial charge >= 0.3 is 0 Å². The average molecular weight is 316 g/mol. The first-order valence-corrected chi connectivity index (χ1v) is 7.98. The van der Waals surface area contributed by atoms with Crippen molar-refractivity contribution in [3.8, 4) is 10.4 Å². The Morgan fingerprint density at radius 3 is 2.68 bits per heavy atom. The number of amides is 1. The van der Waals surface area contributed by atoms with Crippen LogP contribution >= 0.6 is 11.3 Å². The largest absolute Gasteiger partial charge is 0.330 e. The molecule has 0 aliphatic carbocycles. The zero-order valence-corrected chi connectivity index (χ0v) is 13.4. The first kappa shape index (κ1) is 14.9. The monoisotopic (exact) mass is 316 g/mol. The Hall–Kier alpha value is -2.01. The molecule has 0 saturated carbocycles. The summed E-state index contributed by atoms with van der Waals surface area (Å²) in [6.45, 7) is 8.45. The molecule has 0 bridgehead atoms. The molecule has 2 heterocycles. The molecule has 1 aromatic heterocycles. The summed E-state index contributed by atoms with van der Waals surface area (Å²) in [5, 5.41) is 0.827. The lowest BCUT2D eigenvalue weighted by atomic mass is 10.1. The van der Waals surface area contributed by atoms with Crippen LogP contribution in [0, 0.1) is 12.7 Å². The number of halogens is 1. The number of hydrogen-bond donors (Lipinski definition) is 0. The Morgan fingerprint density at radius 1 is 1.41 bits per heavy atom. The predicted molar refractivity (Wildman–Crippen MR) is 86.5 cm³/mol. The van der Waals surface area contributed by atoms with Gasteiger partial charge in [-0.05, 0) is 38.0 Å². The van der Waals surface area contributed by atoms with Gasteiger partial charge in [-0.1, -0.05) is 24.3 Å². The van der Waals surface area contributed by atoms with Crippen LogP contribution in [-0.2, 0) is 0 Å². The number of likely N-dealkylation sites (tertiary alicyclic amines) is 1. The van der Waals surface area contributed by atoms with Crippen LogP contribution < -0.4 is 0 Å². The van der Waals surface area contributed by atoms with Gasteiger partial charge in [-0.25, -0.2) is 9.37 Å². The molecule has 0 N–H and O–H groups in total. The van der Waals surface area contributed by atoms with E-state index in [1.807, 2.05) is 18.7 Å². The van der Waals surface area contributed by atoms with Crippen LogP contribution in [0.25, 0.3) is 10.4 Å². The smallest absolute Gasteiger partial charge is 0.274 e. The van der Waals surface area contributed by atoms with Crippen molar-refractivity contribution in [3.05, 3.63) is 52.9 Å². The van der Waals surface area contributed by atoms with Crippen molar-refractivity contribution < 1.29 is 9.18 Å². The normalized spacial score (nSPS) is 18.0. The van der Waals surface area contributed by atoms with Gasteiger partial charge in [-0.15, -0.1) is 11.3 Å². The molecule has 3 rings (SSSR count). The van der Waals surface area contributed by atoms with Crippen molar-refractivity contribution in [2.75, 3.05) is 6.54 Å². The first-order chi connectivity index (χ1) is 10.5. The van der Waals surface area contributed by atoms with E-state index in [-0.39, 0.29) is 17.8 Å². The van der Waals surface area contributed by atoms with Gasteiger partial charge in [0, 0.05) is 12.6 Å². The average Bonchev–Trinajstić information content (AvgIpc) is 3.01. The number of aryl methyl sites for hydroxylation is 1. The summed E-state index contributed by atoms with van der Waals surface area (Å²) in [5.74, 6) is -0.364. The van der Waals surface area contributed by atoms with Crippen LogP contribution in [0.3, 0.4) is 0 Å². The number of carbonyl (C=O) groups excluding carboxylic acids is 1. The molecule has 1 aliphatic heterocycles. The van der Waals surface area contributed by atoms with Gasteiger partial charge in [0.15, 0.2) is 0 Å². The molecule has 1 fully saturated rings. The highest BCUT2D eigenvalue weighted by molar-refractivity contribution is 7.15. The number of hydrogen-bond acceptors (Lipinski definition) is 3. The van der Waals surface area contributed by atoms with Crippen molar-refractivity contribution in [1.82, 2.24) is 9.88 Å². The summed E-state index contributed by atoms with van der Waals surface area (Å²) >= 11 is 1.46. The molecule has 114 valence electrons. The van der Waals surface area contributed by atoms with Crippen LogP contribution in [-0.4, -0.2) is 28.4 Å². The van der Waals surface area contributed by atoms with E-state index in [1.165, 1.54) is 23.5 Å². The van der Waals surface area contributed by atoms with Crippen molar-refractivity contribution in [2.45, 2.75) is 26.3 Å². The van der Waals surface area contributed by atoms with E-state index in [0.717, 1.165) is 27.4 Å². The summed E-state index contributed by atoms with van der Waals surface area (Å²) in [5.41, 5.74) is 2.34. The van der Waals surface area contributed by atoms with E-state index in [0.29, 0.717) is 12.2 Å². The van der Waals surface area contributed by atoms with Crippen LogP contribution in [0.1, 0.15) is 28.8 Å². The number of aromatic nitrogens is 1. The van der Waals surface area contributed by atoms with Crippen molar-refractivity contribution >= 4 is 17.2 Å². The van der Waals surface area contributed by atoms with Crippen molar-refractivity contribution in [1.29, 1.82) is 0 Å². The standard InChI is InChI=1S/C17H17FN2OS/c1-10-8-11(2)20(9-10)17(21)15-16(22-12(3)19-15)13-4-6-14(18)7-5-13/h4-7,11H,1,8-9H2,2-3H3. The fourth-order valence-corrected chi connectivity index (χ4v) is 3.68. The minimum absolute atomic E-state index is 0.0742. The minimum Gasteiger partial charge on any atom is -0.330 e. The molecule has 1 atom stereocenters. The number of carbonyl (C=O) groups is 1. The molecule has 1 aliphatic rings. The van der Waals surface area contributed by atoms with Gasteiger partial charge in [0.25, 0.3) is 5.91 Å². The molecule has 0 spiro atoms. The molecule has 5 heteroatoms. The second-order valence-electron chi connectivity index (χ2n) is 5.65. The number of rotatable bonds is 2. The topological polar surface area (TPSA) is 33.2 Å². The molecule has 0 radical (unpaired) electrons. The van der Waals surface area contributed by atoms with E-state index >= 15 is 0 Å². The zero-order valence-electron chi connectivity index (χ0n) is 12.6. The number of benzene rings is 1. The van der Waals surface area contributed by atoms with Gasteiger partial charge in [0.05, 0.1) is 9.88 Å². The predicted octanol–water partition coefficient (Wildman–Crippen LogP) is 4.05. The van der Waals surface area contributed by atoms with Crippen LogP contribution in [0.2, 0.25) is 0 Å². The number of nitrogens with zero attached hydrogens (tertiary/aromatic N) is 2. The minimum atomic E-state index is -0.290. The summed E-state index contributed by atoms with van der Waals surface area (Å²) in [7, 11) is 0. The Kier molecular flexibility index (Phi) is 3.83.